The van der Waals surface area contributed by atoms with Gasteiger partial charge in [-0.05, 0) is 56.4 Å². The van der Waals surface area contributed by atoms with Gasteiger partial charge < -0.3 is 9.47 Å². The van der Waals surface area contributed by atoms with Crippen molar-refractivity contribution in [2.75, 3.05) is 19.7 Å². The number of nitrogens with zero attached hydrogens (tertiary/aromatic N) is 3. The molecule has 2 aliphatic heterocycles. The van der Waals surface area contributed by atoms with Crippen molar-refractivity contribution < 1.29 is 9.47 Å². The zero-order valence-corrected chi connectivity index (χ0v) is 18.1. The van der Waals surface area contributed by atoms with Crippen LogP contribution in [0.15, 0.2) is 30.5 Å². The molecule has 4 rings (SSSR count). The van der Waals surface area contributed by atoms with Gasteiger partial charge in [-0.25, -0.2) is 9.97 Å². The smallest absolute Gasteiger partial charge is 0.131 e. The quantitative estimate of drug-likeness (QED) is 0.748. The Hall–Kier alpha value is -1.98. The summed E-state index contributed by atoms with van der Waals surface area (Å²) in [5, 5.41) is 0. The van der Waals surface area contributed by atoms with Gasteiger partial charge in [0.1, 0.15) is 17.2 Å². The fourth-order valence-electron chi connectivity index (χ4n) is 4.36. The Balaban J connectivity index is 1.43. The third-order valence-electron chi connectivity index (χ3n) is 5.95. The van der Waals surface area contributed by atoms with Crippen molar-refractivity contribution in [1.82, 2.24) is 14.9 Å². The number of piperidine rings is 1. The lowest BCUT2D eigenvalue weighted by Gasteiger charge is -2.44. The maximum absolute atomic E-state index is 6.39. The number of likely N-dealkylation sites (tertiary alicyclic amines) is 1. The van der Waals surface area contributed by atoms with Gasteiger partial charge in [0.2, 0.25) is 0 Å². The number of ether oxygens (including phenoxy) is 2. The van der Waals surface area contributed by atoms with Gasteiger partial charge in [-0.2, -0.15) is 0 Å². The molecule has 0 atom stereocenters. The molecule has 0 aliphatic carbocycles. The molecule has 156 valence electrons. The van der Waals surface area contributed by atoms with Crippen LogP contribution >= 0.6 is 0 Å². The van der Waals surface area contributed by atoms with Crippen molar-refractivity contribution in [2.45, 2.75) is 71.1 Å². The van der Waals surface area contributed by atoms with Gasteiger partial charge in [0, 0.05) is 31.7 Å². The second-order valence-electron chi connectivity index (χ2n) is 8.94. The summed E-state index contributed by atoms with van der Waals surface area (Å²) in [4.78, 5) is 12.1. The van der Waals surface area contributed by atoms with Crippen molar-refractivity contribution in [3.05, 3.63) is 53.1 Å². The Kier molecular flexibility index (Phi) is 5.88. The molecule has 1 aromatic carbocycles. The van der Waals surface area contributed by atoms with Crippen LogP contribution in [0.1, 0.15) is 69.1 Å². The first kappa shape index (κ1) is 20.3. The molecule has 0 amide bonds. The molecule has 0 saturated carbocycles. The molecule has 2 aromatic rings. The van der Waals surface area contributed by atoms with E-state index in [1.807, 2.05) is 6.20 Å². The third kappa shape index (κ3) is 4.46. The maximum Gasteiger partial charge on any atom is 0.131 e. The first-order valence-corrected chi connectivity index (χ1v) is 10.9. The van der Waals surface area contributed by atoms with Crippen molar-refractivity contribution in [3.63, 3.8) is 0 Å². The lowest BCUT2D eigenvalue weighted by molar-refractivity contribution is -0.102. The summed E-state index contributed by atoms with van der Waals surface area (Å²) in [5.41, 5.74) is 3.52. The molecule has 1 fully saturated rings. The Morgan fingerprint density at radius 2 is 1.83 bits per heavy atom. The Morgan fingerprint density at radius 3 is 2.48 bits per heavy atom. The highest BCUT2D eigenvalue weighted by atomic mass is 16.5. The van der Waals surface area contributed by atoms with E-state index in [1.165, 1.54) is 11.1 Å². The summed E-state index contributed by atoms with van der Waals surface area (Å²) < 4.78 is 12.1. The van der Waals surface area contributed by atoms with Crippen molar-refractivity contribution in [3.8, 4) is 5.75 Å². The number of fused-ring (bicyclic) bond motifs is 2. The topological polar surface area (TPSA) is 47.5 Å². The van der Waals surface area contributed by atoms with E-state index in [0.717, 1.165) is 62.8 Å². The minimum absolute atomic E-state index is 0.206. The van der Waals surface area contributed by atoms with Gasteiger partial charge >= 0.3 is 0 Å². The zero-order valence-electron chi connectivity index (χ0n) is 18.1. The molecule has 0 radical (unpaired) electrons. The van der Waals surface area contributed by atoms with E-state index in [-0.39, 0.29) is 11.7 Å². The molecule has 2 aliphatic rings. The van der Waals surface area contributed by atoms with E-state index in [2.05, 4.69) is 61.8 Å². The van der Waals surface area contributed by atoms with Crippen LogP contribution in [0.2, 0.25) is 0 Å². The Labute approximate surface area is 174 Å². The lowest BCUT2D eigenvalue weighted by atomic mass is 9.83. The van der Waals surface area contributed by atoms with Crippen LogP contribution in [0.25, 0.3) is 0 Å². The van der Waals surface area contributed by atoms with Crippen LogP contribution in [0.5, 0.6) is 5.75 Å². The normalized spacial score (nSPS) is 19.0. The molecule has 1 saturated heterocycles. The fourth-order valence-corrected chi connectivity index (χ4v) is 4.36. The van der Waals surface area contributed by atoms with Gasteiger partial charge in [0.25, 0.3) is 0 Å². The minimum Gasteiger partial charge on any atom is -0.491 e. The highest BCUT2D eigenvalue weighted by Gasteiger charge is 2.42. The number of rotatable bonds is 5. The molecule has 1 spiro atoms. The third-order valence-corrected chi connectivity index (χ3v) is 5.95. The van der Waals surface area contributed by atoms with E-state index in [9.17, 15) is 0 Å². The summed E-state index contributed by atoms with van der Waals surface area (Å²) in [7, 11) is 0. The van der Waals surface area contributed by atoms with Crippen LogP contribution < -0.4 is 4.74 Å². The van der Waals surface area contributed by atoms with Crippen LogP contribution in [0.4, 0.5) is 0 Å². The molecule has 0 N–H and O–H groups in total. The number of aromatic nitrogens is 2. The average Bonchev–Trinajstić information content (AvgIpc) is 2.71. The Morgan fingerprint density at radius 1 is 1.10 bits per heavy atom. The van der Waals surface area contributed by atoms with Crippen LogP contribution in [-0.4, -0.2) is 40.7 Å². The molecule has 29 heavy (non-hydrogen) atoms. The highest BCUT2D eigenvalue weighted by Crippen LogP contribution is 2.40. The maximum atomic E-state index is 6.39. The molecular formula is C24H33N3O2. The molecule has 1 aromatic heterocycles. The van der Waals surface area contributed by atoms with Gasteiger partial charge in [-0.1, -0.05) is 26.0 Å². The van der Waals surface area contributed by atoms with Crippen LogP contribution in [0.3, 0.4) is 0 Å². The Bertz CT molecular complexity index is 825. The summed E-state index contributed by atoms with van der Waals surface area (Å²) in [6, 6.07) is 8.50. The lowest BCUT2D eigenvalue weighted by Crippen LogP contribution is -2.47. The predicted molar refractivity (Wildman–Crippen MR) is 114 cm³/mol. The number of hydrogen-bond acceptors (Lipinski definition) is 5. The number of hydrogen-bond donors (Lipinski definition) is 0. The SMILES string of the molecule is CC(C)Oc1ccc(CN2CCC3(CC2)OCCc2cnc(C(C)C)nc23)cc1. The zero-order chi connectivity index (χ0) is 20.4. The van der Waals surface area contributed by atoms with Crippen LogP contribution in [0, 0.1) is 0 Å². The molecular weight excluding hydrogens is 362 g/mol. The molecule has 0 unspecified atom stereocenters. The number of benzene rings is 1. The van der Waals surface area contributed by atoms with Gasteiger partial charge in [0.15, 0.2) is 0 Å². The molecule has 5 nitrogen and oxygen atoms in total. The summed E-state index contributed by atoms with van der Waals surface area (Å²) in [6.07, 6.45) is 5.14. The van der Waals surface area contributed by atoms with E-state index >= 15 is 0 Å². The summed E-state index contributed by atoms with van der Waals surface area (Å²) >= 11 is 0. The standard InChI is InChI=1S/C24H33N3O2/c1-17(2)23-25-15-20-9-14-28-24(22(20)26-23)10-12-27(13-11-24)16-19-5-7-21(8-6-19)29-18(3)4/h5-8,15,17-18H,9-14,16H2,1-4H3. The molecule has 3 heterocycles. The van der Waals surface area contributed by atoms with Crippen molar-refractivity contribution in [1.29, 1.82) is 0 Å². The second-order valence-corrected chi connectivity index (χ2v) is 8.94. The van der Waals surface area contributed by atoms with E-state index in [0.29, 0.717) is 5.92 Å². The fraction of sp³-hybridized carbons (Fsp3) is 0.583. The van der Waals surface area contributed by atoms with E-state index in [1.54, 1.807) is 0 Å². The molecule has 0 bridgehead atoms. The van der Waals surface area contributed by atoms with Gasteiger partial charge in [-0.15, -0.1) is 0 Å². The van der Waals surface area contributed by atoms with E-state index in [4.69, 9.17) is 14.5 Å². The van der Waals surface area contributed by atoms with Crippen LogP contribution in [-0.2, 0) is 23.3 Å². The molecule has 5 heteroatoms. The first-order valence-electron chi connectivity index (χ1n) is 10.9. The summed E-state index contributed by atoms with van der Waals surface area (Å²) in [5.74, 6) is 2.20. The van der Waals surface area contributed by atoms with Gasteiger partial charge in [0.05, 0.1) is 18.4 Å². The average molecular weight is 396 g/mol. The summed E-state index contributed by atoms with van der Waals surface area (Å²) in [6.45, 7) is 12.2. The minimum atomic E-state index is -0.231. The van der Waals surface area contributed by atoms with Crippen molar-refractivity contribution >= 4 is 0 Å². The monoisotopic (exact) mass is 395 g/mol. The second kappa shape index (κ2) is 8.41. The van der Waals surface area contributed by atoms with Gasteiger partial charge in [-0.3, -0.25) is 4.90 Å². The first-order chi connectivity index (χ1) is 13.9. The van der Waals surface area contributed by atoms with E-state index < -0.39 is 0 Å². The highest BCUT2D eigenvalue weighted by molar-refractivity contribution is 5.29. The van der Waals surface area contributed by atoms with Crippen molar-refractivity contribution in [2.24, 2.45) is 0 Å². The predicted octanol–water partition coefficient (Wildman–Crippen LogP) is 4.45. The largest absolute Gasteiger partial charge is 0.491 e.